The van der Waals surface area contributed by atoms with Crippen LogP contribution in [0.1, 0.15) is 194 Å². The molecule has 0 amide bonds. The lowest BCUT2D eigenvalue weighted by Gasteiger charge is -2.08. The largest absolute Gasteiger partial charge is 0.464 e. The van der Waals surface area contributed by atoms with Crippen molar-refractivity contribution in [1.29, 1.82) is 0 Å². The molecule has 0 atom stereocenters. The summed E-state index contributed by atoms with van der Waals surface area (Å²) < 4.78 is 10.6. The number of carbonyl (C=O) groups is 2. The third-order valence-corrected chi connectivity index (χ3v) is 8.85. The van der Waals surface area contributed by atoms with Crippen LogP contribution in [0.3, 0.4) is 0 Å². The van der Waals surface area contributed by atoms with Gasteiger partial charge in [-0.3, -0.25) is 9.59 Å². The molecule has 298 valence electrons. The number of carbonyl (C=O) groups excluding carboxylic acids is 2. The first kappa shape index (κ1) is 53.3. The van der Waals surface area contributed by atoms with Crippen LogP contribution < -0.4 is 10.6 Å². The van der Waals surface area contributed by atoms with Gasteiger partial charge in [0.1, 0.15) is 13.2 Å². The van der Waals surface area contributed by atoms with E-state index in [2.05, 4.69) is 48.8 Å². The maximum absolute atomic E-state index is 11.9. The lowest BCUT2D eigenvalue weighted by molar-refractivity contribution is -0.144. The molecular formula is C42H82Cl2N2O4. The number of esters is 2. The van der Waals surface area contributed by atoms with Crippen LogP contribution in [-0.2, 0) is 19.1 Å². The highest BCUT2D eigenvalue weighted by atomic mass is 35.5. The minimum Gasteiger partial charge on any atom is -0.464 e. The van der Waals surface area contributed by atoms with Crippen LogP contribution in [0, 0.1) is 0 Å². The van der Waals surface area contributed by atoms with Gasteiger partial charge in [-0.15, -0.1) is 24.8 Å². The molecule has 0 aliphatic carbocycles. The first-order valence-electron chi connectivity index (χ1n) is 20.7. The Morgan fingerprint density at radius 2 is 0.680 bits per heavy atom. The van der Waals surface area contributed by atoms with Gasteiger partial charge in [0.15, 0.2) is 0 Å². The van der Waals surface area contributed by atoms with Crippen molar-refractivity contribution in [2.45, 2.75) is 194 Å². The number of nitrogens with one attached hydrogen (secondary N) is 2. The third-order valence-electron chi connectivity index (χ3n) is 8.85. The molecule has 0 saturated heterocycles. The SMILES string of the molecule is CCCCCCCCCCCCC=CCCCC(=O)OCCNCCNCCOC(=O)CCCC=CCCCCCCCCCCCC.Cl.Cl. The van der Waals surface area contributed by atoms with Gasteiger partial charge in [0.2, 0.25) is 0 Å². The van der Waals surface area contributed by atoms with E-state index in [0.717, 1.165) is 51.6 Å². The van der Waals surface area contributed by atoms with E-state index in [9.17, 15) is 9.59 Å². The summed E-state index contributed by atoms with van der Waals surface area (Å²) in [5.74, 6) is -0.222. The molecule has 0 aromatic rings. The Morgan fingerprint density at radius 3 is 1.00 bits per heavy atom. The Hall–Kier alpha value is -1.08. The van der Waals surface area contributed by atoms with Crippen molar-refractivity contribution >= 4 is 36.8 Å². The van der Waals surface area contributed by atoms with Crippen LogP contribution >= 0.6 is 24.8 Å². The van der Waals surface area contributed by atoms with Crippen LogP contribution in [-0.4, -0.2) is 51.3 Å². The predicted molar refractivity (Wildman–Crippen MR) is 221 cm³/mol. The number of halogens is 2. The molecule has 0 aliphatic heterocycles. The molecule has 0 unspecified atom stereocenters. The van der Waals surface area contributed by atoms with Gasteiger partial charge in [0.25, 0.3) is 0 Å². The fraction of sp³-hybridized carbons (Fsp3) is 0.857. The molecule has 50 heavy (non-hydrogen) atoms. The van der Waals surface area contributed by atoms with Crippen molar-refractivity contribution < 1.29 is 19.1 Å². The summed E-state index contributed by atoms with van der Waals surface area (Å²) in [5.41, 5.74) is 0. The molecule has 2 N–H and O–H groups in total. The number of rotatable bonds is 39. The molecule has 0 heterocycles. The molecule has 8 heteroatoms. The Bertz CT molecular complexity index is 677. The minimum atomic E-state index is -0.111. The number of ether oxygens (including phenoxy) is 2. The smallest absolute Gasteiger partial charge is 0.305 e. The first-order chi connectivity index (χ1) is 23.7. The minimum absolute atomic E-state index is 0. The van der Waals surface area contributed by atoms with Crippen molar-refractivity contribution in [3.63, 3.8) is 0 Å². The maximum Gasteiger partial charge on any atom is 0.305 e. The van der Waals surface area contributed by atoms with E-state index in [1.807, 2.05) is 0 Å². The van der Waals surface area contributed by atoms with Gasteiger partial charge in [-0.2, -0.15) is 0 Å². The van der Waals surface area contributed by atoms with Gasteiger partial charge in [-0.25, -0.2) is 0 Å². The second-order valence-corrected chi connectivity index (χ2v) is 13.6. The Labute approximate surface area is 322 Å². The quantitative estimate of drug-likeness (QED) is 0.0370. The molecule has 0 aliphatic rings. The number of hydrogen-bond acceptors (Lipinski definition) is 6. The third kappa shape index (κ3) is 46.9. The Morgan fingerprint density at radius 1 is 0.400 bits per heavy atom. The number of allylic oxidation sites excluding steroid dienone is 4. The van der Waals surface area contributed by atoms with Crippen LogP contribution in [0.15, 0.2) is 24.3 Å². The molecule has 0 spiro atoms. The highest BCUT2D eigenvalue weighted by Crippen LogP contribution is 2.13. The molecule has 0 aromatic heterocycles. The monoisotopic (exact) mass is 749 g/mol. The van der Waals surface area contributed by atoms with Gasteiger partial charge >= 0.3 is 11.9 Å². The van der Waals surface area contributed by atoms with Crippen LogP contribution in [0.4, 0.5) is 0 Å². The zero-order chi connectivity index (χ0) is 34.9. The lowest BCUT2D eigenvalue weighted by Crippen LogP contribution is -2.31. The number of unbranched alkanes of at least 4 members (excludes halogenated alkanes) is 22. The van der Waals surface area contributed by atoms with Gasteiger partial charge in [0, 0.05) is 39.0 Å². The van der Waals surface area contributed by atoms with Crippen molar-refractivity contribution in [2.24, 2.45) is 0 Å². The Kier molecular flexibility index (Phi) is 51.1. The molecule has 0 fully saturated rings. The summed E-state index contributed by atoms with van der Waals surface area (Å²) in [6, 6.07) is 0. The molecular weight excluding hydrogens is 667 g/mol. The normalized spacial score (nSPS) is 11.2. The average Bonchev–Trinajstić information content (AvgIpc) is 3.09. The van der Waals surface area contributed by atoms with Crippen LogP contribution in [0.5, 0.6) is 0 Å². The highest BCUT2D eigenvalue weighted by molar-refractivity contribution is 5.85. The van der Waals surface area contributed by atoms with E-state index in [-0.39, 0.29) is 36.8 Å². The topological polar surface area (TPSA) is 76.7 Å². The summed E-state index contributed by atoms with van der Waals surface area (Å²) >= 11 is 0. The highest BCUT2D eigenvalue weighted by Gasteiger charge is 2.03. The lowest BCUT2D eigenvalue weighted by atomic mass is 10.1. The fourth-order valence-electron chi connectivity index (χ4n) is 5.74. The van der Waals surface area contributed by atoms with Gasteiger partial charge < -0.3 is 20.1 Å². The summed E-state index contributed by atoms with van der Waals surface area (Å²) in [6.07, 6.45) is 43.4. The average molecular weight is 750 g/mol. The molecule has 6 nitrogen and oxygen atoms in total. The standard InChI is InChI=1S/C42H80N2O4.2ClH/c1-3-5-7-9-11-13-15-17-19-21-23-25-27-29-31-33-41(45)47-39-37-43-35-36-44-38-40-48-42(46)34-32-30-28-26-24-22-20-18-16-14-12-10-8-6-4-2;;/h25-28,43-44H,3-24,29-40H2,1-2H3;2*1H. The zero-order valence-corrected chi connectivity index (χ0v) is 34.4. The number of hydrogen-bond donors (Lipinski definition) is 2. The molecule has 0 bridgehead atoms. The van der Waals surface area contributed by atoms with Gasteiger partial charge in [-0.1, -0.05) is 154 Å². The Balaban J connectivity index is -0.0000110. The second-order valence-electron chi connectivity index (χ2n) is 13.6. The first-order valence-corrected chi connectivity index (χ1v) is 20.7. The van der Waals surface area contributed by atoms with Crippen LogP contribution in [0.2, 0.25) is 0 Å². The van der Waals surface area contributed by atoms with E-state index in [1.165, 1.54) is 128 Å². The van der Waals surface area contributed by atoms with Crippen molar-refractivity contribution in [3.05, 3.63) is 24.3 Å². The molecule has 0 aromatic carbocycles. The van der Waals surface area contributed by atoms with Crippen molar-refractivity contribution in [1.82, 2.24) is 10.6 Å². The van der Waals surface area contributed by atoms with Crippen LogP contribution in [0.25, 0.3) is 0 Å². The summed E-state index contributed by atoms with van der Waals surface area (Å²) in [6.45, 7) is 8.20. The van der Waals surface area contributed by atoms with Gasteiger partial charge in [-0.05, 0) is 51.4 Å². The second kappa shape index (κ2) is 47.9. The van der Waals surface area contributed by atoms with E-state index in [0.29, 0.717) is 39.1 Å². The zero-order valence-electron chi connectivity index (χ0n) is 32.8. The predicted octanol–water partition coefficient (Wildman–Crippen LogP) is 12.2. The molecule has 0 rings (SSSR count). The fourth-order valence-corrected chi connectivity index (χ4v) is 5.74. The van der Waals surface area contributed by atoms with Gasteiger partial charge in [0.05, 0.1) is 0 Å². The summed E-state index contributed by atoms with van der Waals surface area (Å²) in [5, 5.41) is 6.54. The van der Waals surface area contributed by atoms with E-state index in [1.54, 1.807) is 0 Å². The van der Waals surface area contributed by atoms with Crippen molar-refractivity contribution in [3.8, 4) is 0 Å². The van der Waals surface area contributed by atoms with E-state index in [4.69, 9.17) is 9.47 Å². The van der Waals surface area contributed by atoms with Crippen molar-refractivity contribution in [2.75, 3.05) is 39.4 Å². The molecule has 0 radical (unpaired) electrons. The summed E-state index contributed by atoms with van der Waals surface area (Å²) in [4.78, 5) is 23.8. The summed E-state index contributed by atoms with van der Waals surface area (Å²) in [7, 11) is 0. The van der Waals surface area contributed by atoms with E-state index >= 15 is 0 Å². The molecule has 0 saturated carbocycles. The van der Waals surface area contributed by atoms with E-state index < -0.39 is 0 Å². The maximum atomic E-state index is 11.9.